The number of ether oxygens (including phenoxy) is 1. The van der Waals surface area contributed by atoms with Gasteiger partial charge in [-0.15, -0.1) is 0 Å². The van der Waals surface area contributed by atoms with Crippen LogP contribution in [0, 0.1) is 0 Å². The Balaban J connectivity index is 2.83. The molecule has 1 aromatic carbocycles. The number of carbonyl (C=O) groups excluding carboxylic acids is 1. The topological polar surface area (TPSA) is 38.3 Å². The molecule has 0 heterocycles. The maximum atomic E-state index is 10.7. The van der Waals surface area contributed by atoms with Gasteiger partial charge in [0.05, 0.1) is 11.6 Å². The summed E-state index contributed by atoms with van der Waals surface area (Å²) in [4.78, 5) is 10.4. The van der Waals surface area contributed by atoms with E-state index in [2.05, 4.69) is 21.2 Å². The molecule has 0 aromatic heterocycles. The van der Waals surface area contributed by atoms with Gasteiger partial charge in [0, 0.05) is 21.6 Å². The molecule has 14 heavy (non-hydrogen) atoms. The first-order valence-corrected chi connectivity index (χ1v) is 5.19. The number of nitrogens with one attached hydrogen (secondary N) is 1. The van der Waals surface area contributed by atoms with E-state index in [-0.39, 0.29) is 4.82 Å². The van der Waals surface area contributed by atoms with Crippen LogP contribution in [0.25, 0.3) is 0 Å². The zero-order valence-electron chi connectivity index (χ0n) is 7.51. The molecule has 0 aliphatic carbocycles. The van der Waals surface area contributed by atoms with Crippen LogP contribution in [0.2, 0.25) is 5.02 Å². The van der Waals surface area contributed by atoms with Crippen LogP contribution in [0.15, 0.2) is 18.2 Å². The van der Waals surface area contributed by atoms with Gasteiger partial charge in [-0.3, -0.25) is 4.79 Å². The molecular weight excluding hydrogens is 269 g/mol. The Bertz CT molecular complexity index is 344. The summed E-state index contributed by atoms with van der Waals surface area (Å²) in [5, 5.41) is 3.03. The molecule has 0 radical (unpaired) electrons. The second-order valence-corrected chi connectivity index (χ2v) is 3.60. The average molecular weight is 279 g/mol. The maximum Gasteiger partial charge on any atom is 0.291 e. The summed E-state index contributed by atoms with van der Waals surface area (Å²) in [6.45, 7) is 2.44. The molecule has 0 fully saturated rings. The van der Waals surface area contributed by atoms with E-state index < -0.39 is 0 Å². The van der Waals surface area contributed by atoms with Gasteiger partial charge in [-0.05, 0) is 25.1 Å². The molecule has 0 bridgehead atoms. The Hall–Kier alpha value is -0.740. The Morgan fingerprint density at radius 1 is 1.64 bits per heavy atom. The third-order valence-corrected chi connectivity index (χ3v) is 1.97. The molecule has 0 saturated carbocycles. The lowest BCUT2D eigenvalue weighted by Gasteiger charge is -2.07. The van der Waals surface area contributed by atoms with Gasteiger partial charge in [0.25, 0.3) is 4.82 Å². The molecule has 3 nitrogen and oxygen atoms in total. The fraction of sp³-hybridized carbons (Fsp3) is 0.222. The van der Waals surface area contributed by atoms with E-state index in [4.69, 9.17) is 16.3 Å². The van der Waals surface area contributed by atoms with Crippen LogP contribution >= 0.6 is 27.5 Å². The lowest BCUT2D eigenvalue weighted by molar-refractivity contribution is 0.270. The number of hydrogen-bond acceptors (Lipinski definition) is 2. The lowest BCUT2D eigenvalue weighted by atomic mass is 10.3. The van der Waals surface area contributed by atoms with Crippen LogP contribution in [0.3, 0.4) is 0 Å². The predicted molar refractivity (Wildman–Crippen MR) is 60.6 cm³/mol. The highest BCUT2D eigenvalue weighted by Crippen LogP contribution is 2.27. The smallest absolute Gasteiger partial charge is 0.291 e. The van der Waals surface area contributed by atoms with Crippen LogP contribution in [-0.2, 0) is 0 Å². The first-order valence-electron chi connectivity index (χ1n) is 4.02. The van der Waals surface area contributed by atoms with Gasteiger partial charge < -0.3 is 10.1 Å². The summed E-state index contributed by atoms with van der Waals surface area (Å²) in [5.74, 6) is 0.613. The van der Waals surface area contributed by atoms with E-state index in [0.29, 0.717) is 23.1 Å². The quantitative estimate of drug-likeness (QED) is 0.677. The molecule has 76 valence electrons. The van der Waals surface area contributed by atoms with Crippen LogP contribution in [-0.4, -0.2) is 11.4 Å². The monoisotopic (exact) mass is 277 g/mol. The normalized spacial score (nSPS) is 9.64. The van der Waals surface area contributed by atoms with Gasteiger partial charge in [0.15, 0.2) is 0 Å². The van der Waals surface area contributed by atoms with E-state index in [1.54, 1.807) is 18.2 Å². The zero-order valence-corrected chi connectivity index (χ0v) is 9.85. The molecular formula is C9H9BrClNO2. The van der Waals surface area contributed by atoms with E-state index in [1.807, 2.05) is 6.92 Å². The van der Waals surface area contributed by atoms with Crippen molar-refractivity contribution in [2.24, 2.45) is 0 Å². The van der Waals surface area contributed by atoms with Crippen molar-refractivity contribution in [3.05, 3.63) is 23.2 Å². The van der Waals surface area contributed by atoms with Crippen LogP contribution in [0.4, 0.5) is 10.5 Å². The number of rotatable bonds is 3. The Labute approximate surface area is 95.5 Å². The standard InChI is InChI=1S/C9H9BrClNO2/c1-2-14-8-4-3-6(5-7(8)11)12-9(10)13/h3-5H,2H2,1H3,(H,12,13). The van der Waals surface area contributed by atoms with E-state index >= 15 is 0 Å². The fourth-order valence-corrected chi connectivity index (χ4v) is 1.43. The highest BCUT2D eigenvalue weighted by Gasteiger charge is 2.03. The number of carbonyl (C=O) groups is 1. The third kappa shape index (κ3) is 3.20. The molecule has 1 aromatic rings. The second kappa shape index (κ2) is 5.22. The fourth-order valence-electron chi connectivity index (χ4n) is 0.965. The van der Waals surface area contributed by atoms with Crippen molar-refractivity contribution in [1.29, 1.82) is 0 Å². The minimum atomic E-state index is -0.308. The zero-order chi connectivity index (χ0) is 10.6. The largest absolute Gasteiger partial charge is 0.492 e. The van der Waals surface area contributed by atoms with E-state index in [9.17, 15) is 4.79 Å². The Morgan fingerprint density at radius 2 is 2.36 bits per heavy atom. The molecule has 5 heteroatoms. The molecule has 0 spiro atoms. The number of anilines is 1. The van der Waals surface area contributed by atoms with Crippen molar-refractivity contribution in [1.82, 2.24) is 0 Å². The molecule has 0 aliphatic heterocycles. The number of halogens is 2. The lowest BCUT2D eigenvalue weighted by Crippen LogP contribution is -2.00. The summed E-state index contributed by atoms with van der Waals surface area (Å²) in [6.07, 6.45) is 0. The number of amides is 1. The van der Waals surface area contributed by atoms with Crippen molar-refractivity contribution in [3.8, 4) is 5.75 Å². The summed E-state index contributed by atoms with van der Waals surface area (Å²) in [7, 11) is 0. The molecule has 0 aliphatic rings. The highest BCUT2D eigenvalue weighted by molar-refractivity contribution is 9.18. The molecule has 1 amide bonds. The maximum absolute atomic E-state index is 10.7. The van der Waals surface area contributed by atoms with Gasteiger partial charge in [-0.1, -0.05) is 11.6 Å². The van der Waals surface area contributed by atoms with Crippen LogP contribution in [0.5, 0.6) is 5.75 Å². The highest BCUT2D eigenvalue weighted by atomic mass is 79.9. The third-order valence-electron chi connectivity index (χ3n) is 1.47. The Morgan fingerprint density at radius 3 is 2.86 bits per heavy atom. The SMILES string of the molecule is CCOc1ccc(NC(=O)Br)cc1Cl. The predicted octanol–water partition coefficient (Wildman–Crippen LogP) is 3.67. The van der Waals surface area contributed by atoms with Crippen molar-refractivity contribution in [3.63, 3.8) is 0 Å². The van der Waals surface area contributed by atoms with E-state index in [1.165, 1.54) is 0 Å². The molecule has 0 unspecified atom stereocenters. The first-order chi connectivity index (χ1) is 6.63. The molecule has 1 N–H and O–H groups in total. The second-order valence-electron chi connectivity index (χ2n) is 2.48. The van der Waals surface area contributed by atoms with Gasteiger partial charge in [0.2, 0.25) is 0 Å². The summed E-state index contributed by atoms with van der Waals surface area (Å²) in [5.41, 5.74) is 0.625. The first kappa shape index (κ1) is 11.3. The number of benzene rings is 1. The average Bonchev–Trinajstić information content (AvgIpc) is 2.09. The van der Waals surface area contributed by atoms with Crippen molar-refractivity contribution >= 4 is 38.0 Å². The van der Waals surface area contributed by atoms with Crippen molar-refractivity contribution in [2.45, 2.75) is 6.92 Å². The van der Waals surface area contributed by atoms with Gasteiger partial charge in [0.1, 0.15) is 5.75 Å². The minimum absolute atomic E-state index is 0.308. The minimum Gasteiger partial charge on any atom is -0.492 e. The van der Waals surface area contributed by atoms with Gasteiger partial charge >= 0.3 is 0 Å². The number of hydrogen-bond donors (Lipinski definition) is 1. The molecule has 0 saturated heterocycles. The van der Waals surface area contributed by atoms with E-state index in [0.717, 1.165) is 0 Å². The molecule has 1 rings (SSSR count). The van der Waals surface area contributed by atoms with Gasteiger partial charge in [-0.25, -0.2) is 0 Å². The van der Waals surface area contributed by atoms with Crippen molar-refractivity contribution < 1.29 is 9.53 Å². The van der Waals surface area contributed by atoms with Crippen LogP contribution in [0.1, 0.15) is 6.92 Å². The molecule has 0 atom stereocenters. The summed E-state index contributed by atoms with van der Waals surface area (Å²) < 4.78 is 5.24. The summed E-state index contributed by atoms with van der Waals surface area (Å²) >= 11 is 8.66. The Kier molecular flexibility index (Phi) is 4.22. The van der Waals surface area contributed by atoms with Crippen molar-refractivity contribution in [2.75, 3.05) is 11.9 Å². The van der Waals surface area contributed by atoms with Gasteiger partial charge in [-0.2, -0.15) is 0 Å². The summed E-state index contributed by atoms with van der Waals surface area (Å²) in [6, 6.07) is 5.06. The van der Waals surface area contributed by atoms with Crippen LogP contribution < -0.4 is 10.1 Å².